The monoisotopic (exact) mass is 610 g/mol. The summed E-state index contributed by atoms with van der Waals surface area (Å²) in [6, 6.07) is 13.8. The van der Waals surface area contributed by atoms with E-state index in [2.05, 4.69) is 44.0 Å². The van der Waals surface area contributed by atoms with E-state index in [0.29, 0.717) is 40.8 Å². The van der Waals surface area contributed by atoms with Crippen LogP contribution in [-0.4, -0.2) is 74.6 Å². The van der Waals surface area contributed by atoms with Crippen LogP contribution in [0.25, 0.3) is 16.8 Å². The fourth-order valence-corrected chi connectivity index (χ4v) is 8.05. The third-order valence-electron chi connectivity index (χ3n) is 10.4. The van der Waals surface area contributed by atoms with Crippen LogP contribution in [0.3, 0.4) is 0 Å². The number of aromatic nitrogens is 3. The van der Waals surface area contributed by atoms with Gasteiger partial charge in [-0.25, -0.2) is 4.98 Å². The van der Waals surface area contributed by atoms with E-state index in [0.717, 1.165) is 76.8 Å². The Labute approximate surface area is 263 Å². The molecule has 3 aromatic rings. The van der Waals surface area contributed by atoms with Gasteiger partial charge in [-0.15, -0.1) is 10.2 Å². The Morgan fingerprint density at radius 2 is 1.78 bits per heavy atom. The van der Waals surface area contributed by atoms with E-state index in [1.807, 2.05) is 24.4 Å². The Morgan fingerprint density at radius 3 is 2.51 bits per heavy atom. The first kappa shape index (κ1) is 29.5. The lowest BCUT2D eigenvalue weighted by Crippen LogP contribution is -2.46. The van der Waals surface area contributed by atoms with Gasteiger partial charge < -0.3 is 30.5 Å². The number of aliphatic carboxylic acids is 1. The molecule has 2 aliphatic carbocycles. The van der Waals surface area contributed by atoms with Crippen LogP contribution in [0.15, 0.2) is 54.2 Å². The predicted molar refractivity (Wildman–Crippen MR) is 173 cm³/mol. The molecule has 4 N–H and O–H groups in total. The van der Waals surface area contributed by atoms with E-state index in [1.54, 1.807) is 12.1 Å². The number of piperidine rings is 2. The number of carboxylic acid groups (broad SMARTS) is 1. The molecule has 10 heteroatoms. The smallest absolute Gasteiger partial charge is 0.306 e. The molecule has 0 amide bonds. The molecule has 0 spiro atoms. The standard InChI is InChI=1S/C35H42N6O4/c1-21-19-41(30-18-29(38-39-34(30)36)27-4-2-3-5-31(27)42)20-24-16-28(33(21)24)23-10-13-37-32(17-23)45-26-11-14-40(15-12-26)25-8-6-22(7-9-25)35(43)44/h2-5,10,13,17-18,21-22,24-26,42H,6-9,11-12,14-16,19-20H2,1H3,(H2,36,39)(H,43,44). The lowest BCUT2D eigenvalue weighted by Gasteiger charge is -2.47. The minimum absolute atomic E-state index is 0.149. The number of phenols is 1. The first-order valence-electron chi connectivity index (χ1n) is 16.3. The maximum absolute atomic E-state index is 11.3. The minimum atomic E-state index is -0.642. The number of carbonyl (C=O) groups is 1. The van der Waals surface area contributed by atoms with Crippen molar-refractivity contribution in [2.75, 3.05) is 36.8 Å². The van der Waals surface area contributed by atoms with Gasteiger partial charge in [0.25, 0.3) is 0 Å². The normalized spacial score (nSPS) is 25.8. The highest BCUT2D eigenvalue weighted by molar-refractivity contribution is 5.78. The summed E-state index contributed by atoms with van der Waals surface area (Å²) in [5.41, 5.74) is 12.5. The van der Waals surface area contributed by atoms with E-state index < -0.39 is 5.97 Å². The summed E-state index contributed by atoms with van der Waals surface area (Å²) in [6.45, 7) is 5.95. The second kappa shape index (κ2) is 12.3. The lowest BCUT2D eigenvalue weighted by atomic mass is 9.67. The topological polar surface area (TPSA) is 138 Å². The number of nitrogen functional groups attached to an aromatic ring is 1. The molecule has 0 bridgehead atoms. The van der Waals surface area contributed by atoms with Crippen molar-refractivity contribution in [2.45, 2.75) is 64.0 Å². The molecule has 236 valence electrons. The van der Waals surface area contributed by atoms with Crippen molar-refractivity contribution in [3.05, 3.63) is 59.8 Å². The van der Waals surface area contributed by atoms with Crippen molar-refractivity contribution in [1.82, 2.24) is 20.1 Å². The molecule has 2 saturated heterocycles. The maximum atomic E-state index is 11.3. The van der Waals surface area contributed by atoms with Gasteiger partial charge >= 0.3 is 5.97 Å². The molecule has 1 saturated carbocycles. The van der Waals surface area contributed by atoms with Crippen LogP contribution in [0.4, 0.5) is 11.5 Å². The van der Waals surface area contributed by atoms with Crippen LogP contribution in [0, 0.1) is 17.8 Å². The van der Waals surface area contributed by atoms with E-state index in [9.17, 15) is 15.0 Å². The van der Waals surface area contributed by atoms with Gasteiger partial charge in [0.15, 0.2) is 5.82 Å². The van der Waals surface area contributed by atoms with Gasteiger partial charge in [-0.2, -0.15) is 0 Å². The Balaban J connectivity index is 0.982. The van der Waals surface area contributed by atoms with Crippen molar-refractivity contribution >= 4 is 23.0 Å². The minimum Gasteiger partial charge on any atom is -0.507 e. The van der Waals surface area contributed by atoms with E-state index >= 15 is 0 Å². The van der Waals surface area contributed by atoms with Crippen LogP contribution >= 0.6 is 0 Å². The Kier molecular flexibility index (Phi) is 8.08. The summed E-state index contributed by atoms with van der Waals surface area (Å²) in [7, 11) is 0. The quantitative estimate of drug-likeness (QED) is 0.325. The lowest BCUT2D eigenvalue weighted by molar-refractivity contribution is -0.143. The summed E-state index contributed by atoms with van der Waals surface area (Å²) >= 11 is 0. The molecule has 2 aliphatic heterocycles. The second-order valence-electron chi connectivity index (χ2n) is 13.2. The zero-order chi connectivity index (χ0) is 31.1. The molecule has 45 heavy (non-hydrogen) atoms. The average molecular weight is 611 g/mol. The number of rotatable bonds is 7. The molecule has 2 atom stereocenters. The van der Waals surface area contributed by atoms with Crippen molar-refractivity contribution in [3.8, 4) is 22.9 Å². The van der Waals surface area contributed by atoms with Gasteiger partial charge in [0, 0.05) is 56.0 Å². The summed E-state index contributed by atoms with van der Waals surface area (Å²) in [4.78, 5) is 20.7. The zero-order valence-corrected chi connectivity index (χ0v) is 25.8. The van der Waals surface area contributed by atoms with Crippen LogP contribution in [0.5, 0.6) is 11.6 Å². The average Bonchev–Trinajstić information content (AvgIpc) is 3.03. The number of ether oxygens (including phenoxy) is 1. The molecular formula is C35H42N6O4. The summed E-state index contributed by atoms with van der Waals surface area (Å²) < 4.78 is 6.42. The number of nitrogens with zero attached hydrogens (tertiary/aromatic N) is 5. The Hall–Kier alpha value is -4.18. The number of hydrogen-bond acceptors (Lipinski definition) is 9. The van der Waals surface area contributed by atoms with Crippen molar-refractivity contribution in [2.24, 2.45) is 17.8 Å². The second-order valence-corrected chi connectivity index (χ2v) is 13.2. The number of fused-ring (bicyclic) bond motifs is 1. The number of nitrogens with two attached hydrogens (primary N) is 1. The molecule has 2 unspecified atom stereocenters. The van der Waals surface area contributed by atoms with Gasteiger partial charge in [-0.1, -0.05) is 24.6 Å². The molecule has 4 heterocycles. The first-order valence-corrected chi connectivity index (χ1v) is 16.3. The van der Waals surface area contributed by atoms with E-state index in [4.69, 9.17) is 10.5 Å². The fraction of sp³-hybridized carbons (Fsp3) is 0.486. The van der Waals surface area contributed by atoms with Crippen LogP contribution in [0.2, 0.25) is 0 Å². The summed E-state index contributed by atoms with van der Waals surface area (Å²) in [6.07, 6.45) is 8.47. The number of benzene rings is 1. The molecular weight excluding hydrogens is 568 g/mol. The van der Waals surface area contributed by atoms with Gasteiger partial charge in [-0.3, -0.25) is 4.79 Å². The molecule has 4 aliphatic rings. The number of para-hydroxylation sites is 1. The van der Waals surface area contributed by atoms with Gasteiger partial charge in [0.05, 0.1) is 17.3 Å². The van der Waals surface area contributed by atoms with Crippen LogP contribution in [-0.2, 0) is 4.79 Å². The zero-order valence-electron chi connectivity index (χ0n) is 25.8. The third-order valence-corrected chi connectivity index (χ3v) is 10.4. The Morgan fingerprint density at radius 1 is 1.00 bits per heavy atom. The molecule has 1 aromatic carbocycles. The largest absolute Gasteiger partial charge is 0.507 e. The van der Waals surface area contributed by atoms with Gasteiger partial charge in [0.2, 0.25) is 5.88 Å². The number of allylic oxidation sites excluding steroid dienone is 1. The molecule has 0 radical (unpaired) electrons. The number of likely N-dealkylation sites (tertiary alicyclic amines) is 1. The van der Waals surface area contributed by atoms with Gasteiger partial charge in [0.1, 0.15) is 11.9 Å². The van der Waals surface area contributed by atoms with Gasteiger partial charge in [-0.05, 0) is 86.3 Å². The van der Waals surface area contributed by atoms with Crippen LogP contribution < -0.4 is 15.4 Å². The van der Waals surface area contributed by atoms with Crippen molar-refractivity contribution in [1.29, 1.82) is 0 Å². The van der Waals surface area contributed by atoms with Crippen molar-refractivity contribution in [3.63, 3.8) is 0 Å². The number of phenolic OH excluding ortho intramolecular Hbond substituents is 1. The molecule has 7 rings (SSSR count). The van der Waals surface area contributed by atoms with E-state index in [-0.39, 0.29) is 17.8 Å². The summed E-state index contributed by atoms with van der Waals surface area (Å²) in [5.74, 6) is 1.25. The highest BCUT2D eigenvalue weighted by Crippen LogP contribution is 2.49. The summed E-state index contributed by atoms with van der Waals surface area (Å²) in [5, 5.41) is 28.1. The highest BCUT2D eigenvalue weighted by atomic mass is 16.5. The SMILES string of the molecule is CC1CN(c2cc(-c3ccccc3O)nnc2N)CC2CC(c3ccnc(OC4CCN(C5CCC(C(=O)O)CC5)CC4)c3)=C12. The molecule has 3 fully saturated rings. The molecule has 2 aromatic heterocycles. The highest BCUT2D eigenvalue weighted by Gasteiger charge is 2.40. The third kappa shape index (κ3) is 5.95. The number of hydrogen-bond donors (Lipinski definition) is 3. The predicted octanol–water partition coefficient (Wildman–Crippen LogP) is 5.24. The van der Waals surface area contributed by atoms with Crippen LogP contribution in [0.1, 0.15) is 57.4 Å². The number of aromatic hydroxyl groups is 1. The Bertz CT molecular complexity index is 1590. The first-order chi connectivity index (χ1) is 21.8. The van der Waals surface area contributed by atoms with Crippen molar-refractivity contribution < 1.29 is 19.7 Å². The molecule has 10 nitrogen and oxygen atoms in total. The number of anilines is 2. The number of pyridine rings is 1. The maximum Gasteiger partial charge on any atom is 0.306 e. The van der Waals surface area contributed by atoms with E-state index in [1.165, 1.54) is 16.7 Å². The fourth-order valence-electron chi connectivity index (χ4n) is 8.05. The number of carboxylic acids is 1.